The lowest BCUT2D eigenvalue weighted by atomic mass is 10.1. The highest BCUT2D eigenvalue weighted by atomic mass is 35.5. The molecular formula is C29H40ClN4O6P. The Morgan fingerprint density at radius 1 is 1.12 bits per heavy atom. The molecule has 0 aliphatic rings. The normalized spacial score (nSPS) is 14.4. The molecule has 0 bridgehead atoms. The quantitative estimate of drug-likeness (QED) is 0.126. The van der Waals surface area contributed by atoms with E-state index in [2.05, 4.69) is 34.1 Å². The van der Waals surface area contributed by atoms with Crippen LogP contribution < -0.4 is 14.9 Å². The van der Waals surface area contributed by atoms with Crippen molar-refractivity contribution in [1.29, 1.82) is 0 Å². The number of pyridine rings is 1. The second-order valence-corrected chi connectivity index (χ2v) is 11.7. The van der Waals surface area contributed by atoms with E-state index in [9.17, 15) is 9.36 Å². The van der Waals surface area contributed by atoms with Gasteiger partial charge in [0.2, 0.25) is 0 Å². The number of likely N-dealkylation sites (N-methyl/N-ethyl adjacent to an activating group) is 1. The van der Waals surface area contributed by atoms with Gasteiger partial charge in [0.25, 0.3) is 0 Å². The maximum atomic E-state index is 13.6. The van der Waals surface area contributed by atoms with Crippen molar-refractivity contribution in [2.45, 2.75) is 45.7 Å². The predicted octanol–water partition coefficient (Wildman–Crippen LogP) is 5.51. The molecule has 0 saturated heterocycles. The number of carbonyl (C=O) groups excluding carboxylic acids is 1. The van der Waals surface area contributed by atoms with Gasteiger partial charge in [-0.1, -0.05) is 36.7 Å². The Hall–Kier alpha value is -2.72. The van der Waals surface area contributed by atoms with Crippen LogP contribution in [0.3, 0.4) is 0 Å². The van der Waals surface area contributed by atoms with E-state index in [0.29, 0.717) is 17.3 Å². The molecule has 0 spiro atoms. The van der Waals surface area contributed by atoms with Crippen molar-refractivity contribution < 1.29 is 28.3 Å². The van der Waals surface area contributed by atoms with Crippen LogP contribution in [0, 0.1) is 0 Å². The lowest BCUT2D eigenvalue weighted by Gasteiger charge is -2.25. The van der Waals surface area contributed by atoms with E-state index in [-0.39, 0.29) is 25.9 Å². The molecule has 10 nitrogen and oxygen atoms in total. The first-order chi connectivity index (χ1) is 19.7. The van der Waals surface area contributed by atoms with Gasteiger partial charge in [-0.25, -0.2) is 4.57 Å². The van der Waals surface area contributed by atoms with Gasteiger partial charge in [-0.2, -0.15) is 5.09 Å². The molecule has 0 aliphatic heterocycles. The maximum absolute atomic E-state index is 13.6. The number of aliphatic hydroxyl groups excluding tert-OH is 1. The SMILES string of the molecule is CCN(CCC[C@@H](C)Nc1ccnc2cc(Cl)ccc12)CCO[P@@](=O)(N[C@@H](C)C(=O)OCCO)Oc1ccccc1. The van der Waals surface area contributed by atoms with Crippen LogP contribution in [0.5, 0.6) is 5.75 Å². The highest BCUT2D eigenvalue weighted by Gasteiger charge is 2.32. The van der Waals surface area contributed by atoms with Gasteiger partial charge in [0.05, 0.1) is 18.7 Å². The van der Waals surface area contributed by atoms with Crippen LogP contribution in [0.25, 0.3) is 10.9 Å². The fourth-order valence-electron chi connectivity index (χ4n) is 4.20. The smallest absolute Gasteiger partial charge is 0.459 e. The van der Waals surface area contributed by atoms with E-state index < -0.39 is 19.8 Å². The average Bonchev–Trinajstić information content (AvgIpc) is 2.95. The fraction of sp³-hybridized carbons (Fsp3) is 0.448. The Balaban J connectivity index is 1.50. The number of aromatic nitrogens is 1. The minimum Gasteiger partial charge on any atom is -0.462 e. The van der Waals surface area contributed by atoms with Gasteiger partial charge in [-0.05, 0) is 76.2 Å². The first kappa shape index (κ1) is 32.8. The number of rotatable bonds is 18. The van der Waals surface area contributed by atoms with Gasteiger partial charge < -0.3 is 24.6 Å². The molecule has 2 aromatic carbocycles. The second-order valence-electron chi connectivity index (χ2n) is 9.62. The Morgan fingerprint density at radius 2 is 1.90 bits per heavy atom. The second kappa shape index (κ2) is 16.7. The minimum absolute atomic E-state index is 0.128. The Morgan fingerprint density at radius 3 is 2.63 bits per heavy atom. The van der Waals surface area contributed by atoms with Gasteiger partial charge in [-0.3, -0.25) is 14.3 Å². The van der Waals surface area contributed by atoms with E-state index >= 15 is 0 Å². The number of hydrogen-bond donors (Lipinski definition) is 3. The molecule has 3 rings (SSSR count). The fourth-order valence-corrected chi connectivity index (χ4v) is 5.84. The first-order valence-corrected chi connectivity index (χ1v) is 15.7. The molecule has 12 heteroatoms. The zero-order valence-corrected chi connectivity index (χ0v) is 25.4. The third-order valence-corrected chi connectivity index (χ3v) is 8.26. The van der Waals surface area contributed by atoms with Gasteiger partial charge in [-0.15, -0.1) is 0 Å². The van der Waals surface area contributed by atoms with Crippen molar-refractivity contribution in [2.75, 3.05) is 44.8 Å². The van der Waals surface area contributed by atoms with Crippen LogP contribution in [0.2, 0.25) is 5.02 Å². The molecule has 0 saturated carbocycles. The zero-order chi connectivity index (χ0) is 29.7. The molecule has 0 radical (unpaired) electrons. The van der Waals surface area contributed by atoms with Crippen LogP contribution in [0.1, 0.15) is 33.6 Å². The number of para-hydroxylation sites is 1. The van der Waals surface area contributed by atoms with Gasteiger partial charge in [0, 0.05) is 34.9 Å². The van der Waals surface area contributed by atoms with Crippen molar-refractivity contribution in [3.63, 3.8) is 0 Å². The van der Waals surface area contributed by atoms with Crippen LogP contribution in [0.4, 0.5) is 5.69 Å². The van der Waals surface area contributed by atoms with Crippen molar-refractivity contribution in [1.82, 2.24) is 15.0 Å². The van der Waals surface area contributed by atoms with Crippen LogP contribution >= 0.6 is 19.3 Å². The van der Waals surface area contributed by atoms with Crippen molar-refractivity contribution in [3.8, 4) is 5.75 Å². The number of hydrogen-bond acceptors (Lipinski definition) is 9. The summed E-state index contributed by atoms with van der Waals surface area (Å²) in [5.41, 5.74) is 1.88. The molecule has 3 aromatic rings. The molecule has 0 amide bonds. The number of halogens is 1. The summed E-state index contributed by atoms with van der Waals surface area (Å²) in [5.74, 6) is -0.320. The van der Waals surface area contributed by atoms with Gasteiger partial charge in [0.15, 0.2) is 0 Å². The van der Waals surface area contributed by atoms with Crippen molar-refractivity contribution in [3.05, 3.63) is 65.8 Å². The highest BCUT2D eigenvalue weighted by Crippen LogP contribution is 2.44. The highest BCUT2D eigenvalue weighted by molar-refractivity contribution is 7.52. The lowest BCUT2D eigenvalue weighted by Crippen LogP contribution is -2.36. The summed E-state index contributed by atoms with van der Waals surface area (Å²) < 4.78 is 29.9. The summed E-state index contributed by atoms with van der Waals surface area (Å²) in [7, 11) is -3.92. The number of carbonyl (C=O) groups is 1. The zero-order valence-electron chi connectivity index (χ0n) is 23.8. The largest absolute Gasteiger partial charge is 0.462 e. The van der Waals surface area contributed by atoms with Crippen molar-refractivity contribution in [2.24, 2.45) is 0 Å². The summed E-state index contributed by atoms with van der Waals surface area (Å²) in [6, 6.07) is 15.6. The number of benzene rings is 2. The molecule has 3 N–H and O–H groups in total. The predicted molar refractivity (Wildman–Crippen MR) is 162 cm³/mol. The monoisotopic (exact) mass is 606 g/mol. The Bertz CT molecular complexity index is 1280. The topological polar surface area (TPSA) is 122 Å². The number of ether oxygens (including phenoxy) is 1. The van der Waals surface area contributed by atoms with Crippen molar-refractivity contribution >= 4 is 41.9 Å². The number of anilines is 1. The molecule has 0 fully saturated rings. The third kappa shape index (κ3) is 10.9. The standard InChI is InChI=1S/C29H40ClN4O6P/c1-4-34(16-8-9-22(2)32-27-14-15-31-28-21-24(30)12-13-26(27)28)17-19-39-41(37,40-25-10-6-5-7-11-25)33-23(3)29(36)38-20-18-35/h5-7,10-15,21-23,35H,4,8-9,16-20H2,1-3H3,(H,31,32)(H,33,37)/t22-,23+,41+/m1/s1. The first-order valence-electron chi connectivity index (χ1n) is 13.8. The number of fused-ring (bicyclic) bond motifs is 1. The molecule has 1 heterocycles. The summed E-state index contributed by atoms with van der Waals surface area (Å²) in [5, 5.41) is 16.8. The Kier molecular flexibility index (Phi) is 13.3. The maximum Gasteiger partial charge on any atom is 0.459 e. The third-order valence-electron chi connectivity index (χ3n) is 6.34. The molecule has 1 aromatic heterocycles. The van der Waals surface area contributed by atoms with Crippen LogP contribution in [0.15, 0.2) is 60.8 Å². The van der Waals surface area contributed by atoms with E-state index in [1.54, 1.807) is 30.5 Å². The summed E-state index contributed by atoms with van der Waals surface area (Å²) in [6.45, 7) is 7.55. The van der Waals surface area contributed by atoms with Gasteiger partial charge in [0.1, 0.15) is 18.4 Å². The summed E-state index contributed by atoms with van der Waals surface area (Å²) in [6.07, 6.45) is 3.67. The molecule has 224 valence electrons. The van der Waals surface area contributed by atoms with E-state index in [1.165, 1.54) is 6.92 Å². The number of nitrogens with one attached hydrogen (secondary N) is 2. The lowest BCUT2D eigenvalue weighted by molar-refractivity contribution is -0.146. The van der Waals surface area contributed by atoms with Crippen LogP contribution in [-0.2, 0) is 18.6 Å². The Labute approximate surface area is 246 Å². The minimum atomic E-state index is -3.92. The van der Waals surface area contributed by atoms with Crippen LogP contribution in [-0.4, -0.2) is 72.5 Å². The summed E-state index contributed by atoms with van der Waals surface area (Å²) in [4.78, 5) is 18.8. The molecular weight excluding hydrogens is 567 g/mol. The number of esters is 1. The molecule has 3 atom stereocenters. The number of nitrogens with zero attached hydrogens (tertiary/aromatic N) is 2. The van der Waals surface area contributed by atoms with E-state index in [0.717, 1.165) is 42.5 Å². The van der Waals surface area contributed by atoms with E-state index in [4.69, 9.17) is 30.5 Å². The molecule has 41 heavy (non-hydrogen) atoms. The average molecular weight is 607 g/mol. The number of aliphatic hydroxyl groups is 1. The molecule has 0 aliphatic carbocycles. The molecule has 0 unspecified atom stereocenters. The summed E-state index contributed by atoms with van der Waals surface area (Å²) >= 11 is 6.11. The van der Waals surface area contributed by atoms with Gasteiger partial charge >= 0.3 is 13.7 Å². The van der Waals surface area contributed by atoms with E-state index in [1.807, 2.05) is 30.3 Å².